The fourth-order valence-electron chi connectivity index (χ4n) is 2.33. The number of hydrogen-bond donors (Lipinski definition) is 1. The summed E-state index contributed by atoms with van der Waals surface area (Å²) >= 11 is 0. The minimum absolute atomic E-state index is 0.178. The molecule has 0 aromatic carbocycles. The molecule has 1 fully saturated rings. The number of tetrazole rings is 1. The molecule has 0 atom stereocenters. The predicted molar refractivity (Wildman–Crippen MR) is 73.8 cm³/mol. The van der Waals surface area contributed by atoms with Gasteiger partial charge in [0.25, 0.3) is 0 Å². The van der Waals surface area contributed by atoms with Gasteiger partial charge in [0.15, 0.2) is 1.41 Å². The highest BCUT2D eigenvalue weighted by Gasteiger charge is 2.31. The van der Waals surface area contributed by atoms with E-state index in [9.17, 15) is 4.79 Å². The number of ether oxygens (including phenoxy) is 1. The lowest BCUT2D eigenvalue weighted by molar-refractivity contribution is 0.290. The lowest BCUT2D eigenvalue weighted by atomic mass is 10.1. The second-order valence-electron chi connectivity index (χ2n) is 5.20. The molecule has 1 aliphatic rings. The van der Waals surface area contributed by atoms with Crippen LogP contribution >= 0.6 is 0 Å². The first-order valence-corrected chi connectivity index (χ1v) is 6.91. The van der Waals surface area contributed by atoms with Crippen molar-refractivity contribution in [2.24, 2.45) is 7.05 Å². The Morgan fingerprint density at radius 2 is 2.41 bits per heavy atom. The summed E-state index contributed by atoms with van der Waals surface area (Å²) in [6, 6.07) is 1.60. The third kappa shape index (κ3) is 2.10. The van der Waals surface area contributed by atoms with Gasteiger partial charge < -0.3 is 9.15 Å². The molecular weight excluding hydrogens is 288 g/mol. The highest BCUT2D eigenvalue weighted by atomic mass is 16.5. The molecule has 22 heavy (non-hydrogen) atoms. The number of aromatic amines is 1. The van der Waals surface area contributed by atoms with Crippen molar-refractivity contribution >= 4 is 0 Å². The fourth-order valence-corrected chi connectivity index (χ4v) is 2.33. The summed E-state index contributed by atoms with van der Waals surface area (Å²) in [5.41, 5.74) is 1.39. The maximum absolute atomic E-state index is 12.1. The maximum atomic E-state index is 12.1. The molecule has 1 N–H and O–H groups in total. The van der Waals surface area contributed by atoms with E-state index in [4.69, 9.17) is 10.6 Å². The Morgan fingerprint density at radius 3 is 3.05 bits per heavy atom. The Labute approximate surface area is 125 Å². The highest BCUT2D eigenvalue weighted by molar-refractivity contribution is 5.41. The second kappa shape index (κ2) is 4.86. The van der Waals surface area contributed by atoms with Crippen molar-refractivity contribution in [3.8, 4) is 11.8 Å². The van der Waals surface area contributed by atoms with Crippen LogP contribution in [-0.2, 0) is 13.7 Å². The van der Waals surface area contributed by atoms with Gasteiger partial charge in [0, 0.05) is 24.9 Å². The van der Waals surface area contributed by atoms with Crippen LogP contribution in [0.5, 0.6) is 5.88 Å². The van der Waals surface area contributed by atoms with Crippen LogP contribution in [0.15, 0.2) is 27.7 Å². The first-order valence-electron chi connectivity index (χ1n) is 7.35. The van der Waals surface area contributed by atoms with E-state index in [0.29, 0.717) is 17.7 Å². The molecule has 1 saturated carbocycles. The molecule has 1 aliphatic carbocycles. The molecule has 3 heterocycles. The summed E-state index contributed by atoms with van der Waals surface area (Å²) in [7, 11) is 1.52. The van der Waals surface area contributed by atoms with Crippen molar-refractivity contribution in [2.45, 2.75) is 25.4 Å². The van der Waals surface area contributed by atoms with E-state index in [0.717, 1.165) is 38.4 Å². The molecule has 0 radical (unpaired) electrons. The van der Waals surface area contributed by atoms with Crippen LogP contribution in [0, 0.1) is 0 Å². The van der Waals surface area contributed by atoms with Gasteiger partial charge in [0.2, 0.25) is 11.8 Å². The van der Waals surface area contributed by atoms with Crippen LogP contribution in [0.25, 0.3) is 5.88 Å². The number of furan rings is 1. The maximum Gasteiger partial charge on any atom is 0.370 e. The molecule has 3 aromatic heterocycles. The van der Waals surface area contributed by atoms with Gasteiger partial charge in [-0.15, -0.1) is 9.78 Å². The van der Waals surface area contributed by atoms with Crippen LogP contribution in [0.1, 0.15) is 29.9 Å². The van der Waals surface area contributed by atoms with E-state index >= 15 is 0 Å². The first-order chi connectivity index (χ1) is 11.1. The molecule has 3 aromatic rings. The highest BCUT2D eigenvalue weighted by Crippen LogP contribution is 2.43. The number of aryl methyl sites for hydroxylation is 1. The molecule has 0 spiro atoms. The third-order valence-corrected chi connectivity index (χ3v) is 3.64. The molecule has 0 amide bonds. The minimum Gasteiger partial charge on any atom is -0.472 e. The Morgan fingerprint density at radius 1 is 1.55 bits per heavy atom. The lowest BCUT2D eigenvalue weighted by Gasteiger charge is -2.05. The van der Waals surface area contributed by atoms with Gasteiger partial charge in [-0.3, -0.25) is 5.09 Å². The Kier molecular flexibility index (Phi) is 2.60. The summed E-state index contributed by atoms with van der Waals surface area (Å²) in [4.78, 5) is 12.1. The molecule has 9 heteroatoms. The molecule has 4 rings (SSSR count). The summed E-state index contributed by atoms with van der Waals surface area (Å²) in [5.74, 6) is 1.07. The van der Waals surface area contributed by atoms with Gasteiger partial charge in [0.05, 0.1) is 11.8 Å². The summed E-state index contributed by atoms with van der Waals surface area (Å²) in [6.07, 6.45) is 5.29. The zero-order chi connectivity index (χ0) is 16.0. The quantitative estimate of drug-likeness (QED) is 0.745. The van der Waals surface area contributed by atoms with Gasteiger partial charge >= 0.3 is 5.69 Å². The zero-order valence-corrected chi connectivity index (χ0v) is 11.8. The van der Waals surface area contributed by atoms with E-state index < -0.39 is 5.69 Å². The average molecular weight is 304 g/mol. The molecule has 0 saturated heterocycles. The van der Waals surface area contributed by atoms with Crippen LogP contribution in [0.4, 0.5) is 0 Å². The summed E-state index contributed by atoms with van der Waals surface area (Å²) in [6.45, 7) is 0.178. The van der Waals surface area contributed by atoms with E-state index in [1.165, 1.54) is 13.2 Å². The van der Waals surface area contributed by atoms with E-state index in [1.807, 2.05) is 0 Å². The van der Waals surface area contributed by atoms with E-state index in [2.05, 4.69) is 15.5 Å². The van der Waals surface area contributed by atoms with Gasteiger partial charge in [-0.2, -0.15) is 4.68 Å². The van der Waals surface area contributed by atoms with E-state index in [-0.39, 0.29) is 6.61 Å². The molecular formula is C13H14N6O3. The second-order valence-corrected chi connectivity index (χ2v) is 5.20. The first kappa shape index (κ1) is 11.8. The van der Waals surface area contributed by atoms with Crippen LogP contribution in [-0.4, -0.2) is 30.0 Å². The topological polar surface area (TPSA) is 104 Å². The summed E-state index contributed by atoms with van der Waals surface area (Å²) < 4.78 is 20.8. The normalized spacial score (nSPS) is 15.0. The number of nitrogens with one attached hydrogen (secondary N) is 1. The Balaban J connectivity index is 1.69. The molecule has 9 nitrogen and oxygen atoms in total. The smallest absolute Gasteiger partial charge is 0.370 e. The third-order valence-electron chi connectivity index (χ3n) is 3.64. The van der Waals surface area contributed by atoms with E-state index in [1.54, 1.807) is 12.3 Å². The number of H-pyrrole nitrogens is 1. The molecule has 0 aliphatic heterocycles. The minimum atomic E-state index is -0.390. The monoisotopic (exact) mass is 304 g/mol. The number of aromatic nitrogens is 6. The number of rotatable bonds is 5. The number of nitrogens with zero attached hydrogens (tertiary/aromatic N) is 5. The average Bonchev–Trinajstić information content (AvgIpc) is 3.03. The van der Waals surface area contributed by atoms with Crippen molar-refractivity contribution in [3.63, 3.8) is 0 Å². The molecule has 0 bridgehead atoms. The molecule has 0 unspecified atom stereocenters. The zero-order valence-electron chi connectivity index (χ0n) is 12.8. The van der Waals surface area contributed by atoms with Crippen LogP contribution < -0.4 is 10.4 Å². The van der Waals surface area contributed by atoms with Crippen molar-refractivity contribution in [2.75, 3.05) is 0 Å². The van der Waals surface area contributed by atoms with Gasteiger partial charge in [-0.25, -0.2) is 4.79 Å². The van der Waals surface area contributed by atoms with Crippen molar-refractivity contribution in [1.29, 1.82) is 0 Å². The van der Waals surface area contributed by atoms with Crippen molar-refractivity contribution in [3.05, 3.63) is 40.1 Å². The van der Waals surface area contributed by atoms with Crippen molar-refractivity contribution in [1.82, 2.24) is 30.0 Å². The SMILES string of the molecule is [3H]n1ccc(OCc2c(C3CC3)coc2-n2nnn(C)c2=O)n1. The number of hydrogen-bond acceptors (Lipinski definition) is 6. The van der Waals surface area contributed by atoms with Crippen molar-refractivity contribution < 1.29 is 10.6 Å². The fraction of sp³-hybridized carbons (Fsp3) is 0.385. The van der Waals surface area contributed by atoms with Gasteiger partial charge in [-0.1, -0.05) is 0 Å². The lowest BCUT2D eigenvalue weighted by Crippen LogP contribution is -2.22. The largest absolute Gasteiger partial charge is 0.472 e. The molecule has 114 valence electrons. The Hall–Kier alpha value is -2.84. The van der Waals surface area contributed by atoms with Crippen LogP contribution in [0.2, 0.25) is 1.41 Å². The van der Waals surface area contributed by atoms with Gasteiger partial charge in [-0.05, 0) is 29.2 Å². The van der Waals surface area contributed by atoms with Gasteiger partial charge in [0.1, 0.15) is 6.61 Å². The Bertz CT molecular complexity index is 903. The summed E-state index contributed by atoms with van der Waals surface area (Å²) in [5, 5.41) is 12.3. The standard InChI is InChI=1S/C13H14N6O3/c1-18-13(20)19(17-16-18)12-10(7-21-11-4-5-14-15-11)9(6-22-12)8-2-3-8/h4-6,8H,2-3,7H2,1H3,(H,14,15)/i/hT. The van der Waals surface area contributed by atoms with Crippen LogP contribution in [0.3, 0.4) is 0 Å². The predicted octanol–water partition coefficient (Wildman–Crippen LogP) is 0.738.